The number of nitrogens with two attached hydrogens (primary N) is 1. The van der Waals surface area contributed by atoms with Gasteiger partial charge in [0.25, 0.3) is 0 Å². The van der Waals surface area contributed by atoms with E-state index in [2.05, 4.69) is 32.0 Å². The van der Waals surface area contributed by atoms with Crippen molar-refractivity contribution in [3.63, 3.8) is 0 Å². The SMILES string of the molecule is Cc1ccc(OC2CCC2)c(C(C)CCN)c1. The van der Waals surface area contributed by atoms with E-state index in [0.717, 1.165) is 18.7 Å². The molecule has 94 valence electrons. The topological polar surface area (TPSA) is 35.2 Å². The molecule has 2 heteroatoms. The molecule has 0 aromatic heterocycles. The molecule has 1 aliphatic rings. The van der Waals surface area contributed by atoms with Crippen LogP contribution in [0.1, 0.15) is 49.7 Å². The van der Waals surface area contributed by atoms with Gasteiger partial charge in [-0.25, -0.2) is 0 Å². The van der Waals surface area contributed by atoms with Gasteiger partial charge >= 0.3 is 0 Å². The first-order chi connectivity index (χ1) is 8.20. The molecule has 2 rings (SSSR count). The van der Waals surface area contributed by atoms with Crippen LogP contribution in [-0.4, -0.2) is 12.6 Å². The quantitative estimate of drug-likeness (QED) is 0.846. The molecule has 0 amide bonds. The molecular weight excluding hydrogens is 210 g/mol. The number of benzene rings is 1. The Kier molecular flexibility index (Phi) is 4.06. The monoisotopic (exact) mass is 233 g/mol. The molecule has 0 aliphatic heterocycles. The summed E-state index contributed by atoms with van der Waals surface area (Å²) in [5.74, 6) is 1.55. The average molecular weight is 233 g/mol. The molecule has 1 fully saturated rings. The summed E-state index contributed by atoms with van der Waals surface area (Å²) in [6.07, 6.45) is 5.19. The van der Waals surface area contributed by atoms with Crippen LogP contribution in [0.15, 0.2) is 18.2 Å². The fourth-order valence-electron chi connectivity index (χ4n) is 2.23. The van der Waals surface area contributed by atoms with E-state index in [-0.39, 0.29) is 0 Å². The Morgan fingerprint density at radius 1 is 1.41 bits per heavy atom. The summed E-state index contributed by atoms with van der Waals surface area (Å²) < 4.78 is 6.06. The van der Waals surface area contributed by atoms with Gasteiger partial charge in [-0.3, -0.25) is 0 Å². The first kappa shape index (κ1) is 12.4. The van der Waals surface area contributed by atoms with Crippen LogP contribution in [0, 0.1) is 6.92 Å². The fraction of sp³-hybridized carbons (Fsp3) is 0.600. The minimum atomic E-state index is 0.446. The maximum Gasteiger partial charge on any atom is 0.123 e. The molecule has 0 bridgehead atoms. The molecule has 0 saturated heterocycles. The van der Waals surface area contributed by atoms with Crippen molar-refractivity contribution in [1.29, 1.82) is 0 Å². The van der Waals surface area contributed by atoms with Crippen molar-refractivity contribution >= 4 is 0 Å². The van der Waals surface area contributed by atoms with Crippen molar-refractivity contribution < 1.29 is 4.74 Å². The summed E-state index contributed by atoms with van der Waals surface area (Å²) in [6.45, 7) is 5.10. The van der Waals surface area contributed by atoms with Gasteiger partial charge in [-0.1, -0.05) is 24.6 Å². The van der Waals surface area contributed by atoms with E-state index >= 15 is 0 Å². The van der Waals surface area contributed by atoms with Crippen molar-refractivity contribution in [3.8, 4) is 5.75 Å². The van der Waals surface area contributed by atoms with Gasteiger partial charge in [-0.15, -0.1) is 0 Å². The van der Waals surface area contributed by atoms with Gasteiger partial charge in [-0.05, 0) is 56.7 Å². The number of ether oxygens (including phenoxy) is 1. The highest BCUT2D eigenvalue weighted by Crippen LogP contribution is 2.33. The molecule has 2 nitrogen and oxygen atoms in total. The van der Waals surface area contributed by atoms with Crippen LogP contribution in [0.2, 0.25) is 0 Å². The predicted octanol–water partition coefficient (Wildman–Crippen LogP) is 3.38. The summed E-state index contributed by atoms with van der Waals surface area (Å²) >= 11 is 0. The summed E-state index contributed by atoms with van der Waals surface area (Å²) in [5, 5.41) is 0. The first-order valence-corrected chi connectivity index (χ1v) is 6.68. The predicted molar refractivity (Wildman–Crippen MR) is 71.5 cm³/mol. The lowest BCUT2D eigenvalue weighted by Gasteiger charge is -2.28. The lowest BCUT2D eigenvalue weighted by Crippen LogP contribution is -2.25. The molecule has 2 N–H and O–H groups in total. The average Bonchev–Trinajstić information content (AvgIpc) is 2.25. The lowest BCUT2D eigenvalue weighted by atomic mass is 9.93. The van der Waals surface area contributed by atoms with Crippen molar-refractivity contribution in [2.24, 2.45) is 5.73 Å². The minimum absolute atomic E-state index is 0.446. The molecule has 0 spiro atoms. The lowest BCUT2D eigenvalue weighted by molar-refractivity contribution is 0.118. The number of aryl methyl sites for hydroxylation is 1. The summed E-state index contributed by atoms with van der Waals surface area (Å²) in [5.41, 5.74) is 8.27. The molecular formula is C15H23NO. The zero-order valence-corrected chi connectivity index (χ0v) is 10.9. The van der Waals surface area contributed by atoms with Gasteiger partial charge in [0.1, 0.15) is 5.75 Å². The zero-order valence-electron chi connectivity index (χ0n) is 10.9. The molecule has 1 saturated carbocycles. The maximum absolute atomic E-state index is 6.06. The largest absolute Gasteiger partial charge is 0.490 e. The van der Waals surface area contributed by atoms with E-state index in [9.17, 15) is 0 Å². The van der Waals surface area contributed by atoms with E-state index in [1.165, 1.54) is 30.4 Å². The number of hydrogen-bond acceptors (Lipinski definition) is 2. The second-order valence-electron chi connectivity index (χ2n) is 5.19. The normalized spacial score (nSPS) is 17.6. The Bertz CT molecular complexity index is 371. The van der Waals surface area contributed by atoms with Gasteiger partial charge < -0.3 is 10.5 Å². The molecule has 1 aromatic carbocycles. The van der Waals surface area contributed by atoms with Crippen LogP contribution in [-0.2, 0) is 0 Å². The molecule has 17 heavy (non-hydrogen) atoms. The second-order valence-corrected chi connectivity index (χ2v) is 5.19. The Morgan fingerprint density at radius 3 is 2.76 bits per heavy atom. The van der Waals surface area contributed by atoms with Crippen LogP contribution < -0.4 is 10.5 Å². The third-order valence-corrected chi connectivity index (χ3v) is 3.64. The first-order valence-electron chi connectivity index (χ1n) is 6.68. The van der Waals surface area contributed by atoms with E-state index in [1.807, 2.05) is 0 Å². The Labute approximate surface area is 104 Å². The number of rotatable bonds is 5. The Hall–Kier alpha value is -1.02. The van der Waals surface area contributed by atoms with Crippen LogP contribution in [0.25, 0.3) is 0 Å². The van der Waals surface area contributed by atoms with E-state index < -0.39 is 0 Å². The molecule has 0 radical (unpaired) electrons. The summed E-state index contributed by atoms with van der Waals surface area (Å²) in [4.78, 5) is 0. The minimum Gasteiger partial charge on any atom is -0.490 e. The molecule has 1 aromatic rings. The number of hydrogen-bond donors (Lipinski definition) is 1. The van der Waals surface area contributed by atoms with Crippen molar-refractivity contribution in [2.75, 3.05) is 6.54 Å². The third-order valence-electron chi connectivity index (χ3n) is 3.64. The molecule has 1 unspecified atom stereocenters. The zero-order chi connectivity index (χ0) is 12.3. The maximum atomic E-state index is 6.06. The summed E-state index contributed by atoms with van der Waals surface area (Å²) in [6, 6.07) is 6.50. The van der Waals surface area contributed by atoms with E-state index in [0.29, 0.717) is 12.0 Å². The van der Waals surface area contributed by atoms with Crippen molar-refractivity contribution in [1.82, 2.24) is 0 Å². The van der Waals surface area contributed by atoms with Gasteiger partial charge in [-0.2, -0.15) is 0 Å². The van der Waals surface area contributed by atoms with Crippen LogP contribution in [0.3, 0.4) is 0 Å². The Morgan fingerprint density at radius 2 is 2.18 bits per heavy atom. The summed E-state index contributed by atoms with van der Waals surface area (Å²) in [7, 11) is 0. The van der Waals surface area contributed by atoms with E-state index in [1.54, 1.807) is 0 Å². The van der Waals surface area contributed by atoms with Crippen LogP contribution >= 0.6 is 0 Å². The third kappa shape index (κ3) is 3.01. The van der Waals surface area contributed by atoms with Gasteiger partial charge in [0.15, 0.2) is 0 Å². The van der Waals surface area contributed by atoms with E-state index in [4.69, 9.17) is 10.5 Å². The fourth-order valence-corrected chi connectivity index (χ4v) is 2.23. The second kappa shape index (κ2) is 5.54. The van der Waals surface area contributed by atoms with Crippen molar-refractivity contribution in [2.45, 2.75) is 51.6 Å². The highest BCUT2D eigenvalue weighted by molar-refractivity contribution is 5.39. The smallest absolute Gasteiger partial charge is 0.123 e. The van der Waals surface area contributed by atoms with Crippen molar-refractivity contribution in [3.05, 3.63) is 29.3 Å². The molecule has 0 heterocycles. The molecule has 1 aliphatic carbocycles. The van der Waals surface area contributed by atoms with Gasteiger partial charge in [0.2, 0.25) is 0 Å². The van der Waals surface area contributed by atoms with Gasteiger partial charge in [0, 0.05) is 0 Å². The highest BCUT2D eigenvalue weighted by Gasteiger charge is 2.21. The molecule has 1 atom stereocenters. The standard InChI is InChI=1S/C15H23NO/c1-11-6-7-15(17-13-4-3-5-13)14(10-11)12(2)8-9-16/h6-7,10,12-13H,3-5,8-9,16H2,1-2H3. The van der Waals surface area contributed by atoms with Crippen LogP contribution in [0.5, 0.6) is 5.75 Å². The highest BCUT2D eigenvalue weighted by atomic mass is 16.5. The van der Waals surface area contributed by atoms with Gasteiger partial charge in [0.05, 0.1) is 6.10 Å². The Balaban J connectivity index is 2.16. The van der Waals surface area contributed by atoms with Crippen LogP contribution in [0.4, 0.5) is 0 Å².